The Morgan fingerprint density at radius 3 is 2.32 bits per heavy atom. The van der Waals surface area contributed by atoms with Crippen molar-refractivity contribution in [3.63, 3.8) is 0 Å². The summed E-state index contributed by atoms with van der Waals surface area (Å²) in [7, 11) is 0. The molecule has 1 aliphatic rings. The molecule has 1 heterocycles. The molecule has 0 aromatic heterocycles. The zero-order valence-electron chi connectivity index (χ0n) is 16.1. The van der Waals surface area contributed by atoms with Crippen LogP contribution in [0.3, 0.4) is 0 Å². The first-order valence-corrected chi connectivity index (χ1v) is 9.45. The summed E-state index contributed by atoms with van der Waals surface area (Å²) < 4.78 is 0. The fourth-order valence-electron chi connectivity index (χ4n) is 3.10. The van der Waals surface area contributed by atoms with Crippen LogP contribution < -0.4 is 16.4 Å². The number of nitrogens with one attached hydrogen (secondary N) is 2. The predicted octanol–water partition coefficient (Wildman–Crippen LogP) is 4.42. The van der Waals surface area contributed by atoms with Gasteiger partial charge in [0, 0.05) is 24.5 Å². The van der Waals surface area contributed by atoms with Gasteiger partial charge in [-0.3, -0.25) is 0 Å². The molecule has 0 unspecified atom stereocenters. The number of urea groups is 1. The van der Waals surface area contributed by atoms with Crippen LogP contribution in [0.15, 0.2) is 53.5 Å². The van der Waals surface area contributed by atoms with Crippen molar-refractivity contribution in [1.29, 1.82) is 0 Å². The summed E-state index contributed by atoms with van der Waals surface area (Å²) in [6.07, 6.45) is 3.13. The number of guanidine groups is 1. The summed E-state index contributed by atoms with van der Waals surface area (Å²) in [6, 6.07) is 15.8. The molecule has 1 saturated heterocycles. The minimum atomic E-state index is -0.0369. The zero-order chi connectivity index (χ0) is 19.1. The highest BCUT2D eigenvalue weighted by Gasteiger charge is 2.17. The normalized spacial score (nSPS) is 13.8. The molecule has 0 aliphatic carbocycles. The van der Waals surface area contributed by atoms with E-state index in [1.165, 1.54) is 5.56 Å². The van der Waals surface area contributed by atoms with E-state index < -0.39 is 0 Å². The molecular formula is C21H28IN5O. The van der Waals surface area contributed by atoms with Crippen molar-refractivity contribution in [2.45, 2.75) is 32.7 Å². The molecule has 2 aromatic carbocycles. The van der Waals surface area contributed by atoms with Crippen molar-refractivity contribution in [3.8, 4) is 0 Å². The Hall–Kier alpha value is -2.29. The minimum absolute atomic E-state index is 0. The van der Waals surface area contributed by atoms with Crippen molar-refractivity contribution in [1.82, 2.24) is 4.90 Å². The van der Waals surface area contributed by atoms with E-state index >= 15 is 0 Å². The Bertz CT molecular complexity index is 818. The van der Waals surface area contributed by atoms with Crippen molar-refractivity contribution in [2.75, 3.05) is 23.7 Å². The van der Waals surface area contributed by atoms with Gasteiger partial charge in [-0.1, -0.05) is 31.2 Å². The smallest absolute Gasteiger partial charge is 0.321 e. The van der Waals surface area contributed by atoms with Crippen LogP contribution in [0.5, 0.6) is 0 Å². The molecule has 28 heavy (non-hydrogen) atoms. The number of rotatable bonds is 5. The average molecular weight is 493 g/mol. The second kappa shape index (κ2) is 10.9. The number of carbonyl (C=O) groups excluding carboxylic acids is 1. The Kier molecular flexibility index (Phi) is 8.56. The Morgan fingerprint density at radius 1 is 1.04 bits per heavy atom. The highest BCUT2D eigenvalue weighted by atomic mass is 127. The number of halogens is 1. The van der Waals surface area contributed by atoms with Crippen LogP contribution in [0.1, 0.15) is 30.9 Å². The summed E-state index contributed by atoms with van der Waals surface area (Å²) in [4.78, 5) is 18.5. The topological polar surface area (TPSA) is 82.7 Å². The number of hydrogen-bond donors (Lipinski definition) is 3. The third-order valence-electron chi connectivity index (χ3n) is 4.61. The van der Waals surface area contributed by atoms with Gasteiger partial charge in [0.05, 0.1) is 6.54 Å². The first-order chi connectivity index (χ1) is 13.1. The van der Waals surface area contributed by atoms with Gasteiger partial charge in [-0.25, -0.2) is 9.79 Å². The van der Waals surface area contributed by atoms with Crippen LogP contribution in [0, 0.1) is 0 Å². The van der Waals surface area contributed by atoms with Gasteiger partial charge in [-0.2, -0.15) is 0 Å². The van der Waals surface area contributed by atoms with Gasteiger partial charge < -0.3 is 21.3 Å². The minimum Gasteiger partial charge on any atom is -0.370 e. The van der Waals surface area contributed by atoms with Gasteiger partial charge in [0.15, 0.2) is 5.96 Å². The first-order valence-electron chi connectivity index (χ1n) is 9.45. The number of benzene rings is 2. The molecule has 6 nitrogen and oxygen atoms in total. The van der Waals surface area contributed by atoms with Crippen molar-refractivity contribution in [2.24, 2.45) is 10.7 Å². The van der Waals surface area contributed by atoms with Crippen LogP contribution in [0.2, 0.25) is 0 Å². The number of anilines is 2. The number of nitrogens with zero attached hydrogens (tertiary/aromatic N) is 2. The number of nitrogens with two attached hydrogens (primary N) is 1. The van der Waals surface area contributed by atoms with Crippen LogP contribution in [0.25, 0.3) is 0 Å². The molecule has 0 atom stereocenters. The zero-order valence-corrected chi connectivity index (χ0v) is 18.5. The van der Waals surface area contributed by atoms with Crippen LogP contribution in [0.4, 0.5) is 16.2 Å². The molecule has 150 valence electrons. The molecule has 0 spiro atoms. The van der Waals surface area contributed by atoms with E-state index in [1.807, 2.05) is 41.3 Å². The van der Waals surface area contributed by atoms with E-state index in [0.717, 1.165) is 49.3 Å². The average Bonchev–Trinajstić information content (AvgIpc) is 3.22. The van der Waals surface area contributed by atoms with Crippen molar-refractivity contribution < 1.29 is 4.79 Å². The van der Waals surface area contributed by atoms with E-state index in [-0.39, 0.29) is 30.0 Å². The Labute approximate surface area is 183 Å². The SMILES string of the molecule is CCc1cccc(NC(N)=NCc2cccc(NC(=O)N3CCCC3)c2)c1.I. The second-order valence-corrected chi connectivity index (χ2v) is 6.71. The lowest BCUT2D eigenvalue weighted by molar-refractivity contribution is 0.222. The van der Waals surface area contributed by atoms with Gasteiger partial charge in [0.1, 0.15) is 0 Å². The van der Waals surface area contributed by atoms with Gasteiger partial charge in [-0.05, 0) is 54.7 Å². The summed E-state index contributed by atoms with van der Waals surface area (Å²) in [5.41, 5.74) is 9.95. The maximum Gasteiger partial charge on any atom is 0.321 e. The number of hydrogen-bond acceptors (Lipinski definition) is 2. The molecule has 3 rings (SSSR count). The third kappa shape index (κ3) is 6.40. The summed E-state index contributed by atoms with van der Waals surface area (Å²) >= 11 is 0. The van der Waals surface area contributed by atoms with Gasteiger partial charge >= 0.3 is 6.03 Å². The quantitative estimate of drug-likeness (QED) is 0.328. The maximum absolute atomic E-state index is 12.2. The number of amides is 2. The lowest BCUT2D eigenvalue weighted by Gasteiger charge is -2.16. The van der Waals surface area contributed by atoms with E-state index in [4.69, 9.17) is 5.73 Å². The van der Waals surface area contributed by atoms with Gasteiger partial charge in [-0.15, -0.1) is 24.0 Å². The predicted molar refractivity (Wildman–Crippen MR) is 126 cm³/mol. The van der Waals surface area contributed by atoms with Crippen molar-refractivity contribution in [3.05, 3.63) is 59.7 Å². The number of aryl methyl sites for hydroxylation is 1. The van der Waals surface area contributed by atoms with Crippen LogP contribution in [-0.2, 0) is 13.0 Å². The lowest BCUT2D eigenvalue weighted by atomic mass is 10.1. The molecule has 1 fully saturated rings. The second-order valence-electron chi connectivity index (χ2n) is 6.71. The van der Waals surface area contributed by atoms with Crippen molar-refractivity contribution >= 4 is 47.3 Å². The van der Waals surface area contributed by atoms with Gasteiger partial charge in [0.25, 0.3) is 0 Å². The van der Waals surface area contributed by atoms with E-state index in [0.29, 0.717) is 12.5 Å². The van der Waals surface area contributed by atoms with Gasteiger partial charge in [0.2, 0.25) is 0 Å². The standard InChI is InChI=1S/C21H27N5O.HI/c1-2-16-7-5-9-18(13-16)24-20(22)23-15-17-8-6-10-19(14-17)25-21(27)26-11-3-4-12-26;/h5-10,13-14H,2-4,11-12,15H2,1H3,(H,25,27)(H3,22,23,24);1H. The molecular weight excluding hydrogens is 465 g/mol. The first kappa shape index (κ1) is 22.0. The summed E-state index contributed by atoms with van der Waals surface area (Å²) in [5, 5.41) is 6.08. The van der Waals surface area contributed by atoms with Crippen LogP contribution >= 0.6 is 24.0 Å². The third-order valence-corrected chi connectivity index (χ3v) is 4.61. The van der Waals surface area contributed by atoms with E-state index in [9.17, 15) is 4.79 Å². The molecule has 1 aliphatic heterocycles. The fraction of sp³-hybridized carbons (Fsp3) is 0.333. The Balaban J connectivity index is 0.00000280. The molecule has 0 saturated carbocycles. The summed E-state index contributed by atoms with van der Waals surface area (Å²) in [6.45, 7) is 4.22. The molecule has 2 amide bonds. The fourth-order valence-corrected chi connectivity index (χ4v) is 3.10. The number of carbonyl (C=O) groups is 1. The molecule has 0 radical (unpaired) electrons. The molecule has 7 heteroatoms. The molecule has 4 N–H and O–H groups in total. The highest BCUT2D eigenvalue weighted by molar-refractivity contribution is 14.0. The highest BCUT2D eigenvalue weighted by Crippen LogP contribution is 2.15. The Morgan fingerprint density at radius 2 is 1.64 bits per heavy atom. The van der Waals surface area contributed by atoms with E-state index in [1.54, 1.807) is 0 Å². The van der Waals surface area contributed by atoms with Crippen LogP contribution in [-0.4, -0.2) is 30.0 Å². The maximum atomic E-state index is 12.2. The monoisotopic (exact) mass is 493 g/mol. The lowest BCUT2D eigenvalue weighted by Crippen LogP contribution is -2.32. The molecule has 2 aromatic rings. The summed E-state index contributed by atoms with van der Waals surface area (Å²) in [5.74, 6) is 0.370. The molecule has 0 bridgehead atoms. The number of likely N-dealkylation sites (tertiary alicyclic amines) is 1. The largest absolute Gasteiger partial charge is 0.370 e. The van der Waals surface area contributed by atoms with E-state index in [2.05, 4.69) is 34.7 Å². The number of aliphatic imine (C=N–C) groups is 1.